The van der Waals surface area contributed by atoms with Crippen LogP contribution in [0.3, 0.4) is 0 Å². The largest absolute Gasteiger partial charge is 0.379 e. The van der Waals surface area contributed by atoms with Crippen molar-refractivity contribution in [2.45, 2.75) is 63.4 Å². The normalized spacial score (nSPS) is 41.1. The molecule has 0 amide bonds. The number of hydrogen-bond donors (Lipinski definition) is 1. The number of hydrogen-bond acceptors (Lipinski definition) is 3. The Balaban J connectivity index is 1.79. The van der Waals surface area contributed by atoms with E-state index in [0.29, 0.717) is 18.3 Å². The number of nitrogens with two attached hydrogens (primary N) is 1. The Hall–Kier alpha value is -0.120. The smallest absolute Gasteiger partial charge is 0.0761 e. The summed E-state index contributed by atoms with van der Waals surface area (Å²) < 4.78 is 11.3. The molecule has 0 aromatic heterocycles. The average Bonchev–Trinajstić information content (AvgIpc) is 2.62. The molecule has 3 nitrogen and oxygen atoms in total. The molecule has 0 aromatic rings. The molecule has 0 saturated carbocycles. The summed E-state index contributed by atoms with van der Waals surface area (Å²) >= 11 is 0. The molecule has 0 spiro atoms. The third kappa shape index (κ3) is 1.95. The molecule has 0 aliphatic carbocycles. The Morgan fingerprint density at radius 3 is 2.79 bits per heavy atom. The van der Waals surface area contributed by atoms with E-state index in [2.05, 4.69) is 13.8 Å². The Morgan fingerprint density at radius 1 is 1.50 bits per heavy atom. The number of rotatable bonds is 4. The van der Waals surface area contributed by atoms with Crippen LogP contribution in [0.15, 0.2) is 0 Å². The molecule has 2 bridgehead atoms. The van der Waals surface area contributed by atoms with Crippen LogP contribution in [0.5, 0.6) is 0 Å². The third-order valence-electron chi connectivity index (χ3n) is 3.38. The maximum Gasteiger partial charge on any atom is 0.0761 e. The van der Waals surface area contributed by atoms with Gasteiger partial charge in [0.2, 0.25) is 0 Å². The first-order chi connectivity index (χ1) is 6.60. The van der Waals surface area contributed by atoms with Crippen molar-refractivity contribution >= 4 is 0 Å². The van der Waals surface area contributed by atoms with Gasteiger partial charge in [0.05, 0.1) is 18.3 Å². The zero-order chi connectivity index (χ0) is 10.2. The average molecular weight is 199 g/mol. The Bertz CT molecular complexity index is 207. The molecule has 2 fully saturated rings. The minimum absolute atomic E-state index is 0.0994. The van der Waals surface area contributed by atoms with Crippen LogP contribution in [0, 0.1) is 0 Å². The van der Waals surface area contributed by atoms with Crippen LogP contribution in [0.1, 0.15) is 39.5 Å². The fourth-order valence-corrected chi connectivity index (χ4v) is 2.58. The van der Waals surface area contributed by atoms with Crippen LogP contribution in [0.25, 0.3) is 0 Å². The topological polar surface area (TPSA) is 44.5 Å². The van der Waals surface area contributed by atoms with Crippen molar-refractivity contribution < 1.29 is 9.47 Å². The Kier molecular flexibility index (Phi) is 2.82. The van der Waals surface area contributed by atoms with Crippen LogP contribution < -0.4 is 5.73 Å². The van der Waals surface area contributed by atoms with Crippen LogP contribution in [0.2, 0.25) is 0 Å². The van der Waals surface area contributed by atoms with Gasteiger partial charge in [0.1, 0.15) is 0 Å². The highest BCUT2D eigenvalue weighted by Gasteiger charge is 2.49. The van der Waals surface area contributed by atoms with Gasteiger partial charge in [-0.05, 0) is 39.5 Å². The SMILES string of the molecule is CC(C)OCCC1(N)CC2CCC1O2. The summed E-state index contributed by atoms with van der Waals surface area (Å²) in [5.41, 5.74) is 6.23. The quantitative estimate of drug-likeness (QED) is 0.745. The predicted octanol–water partition coefficient (Wildman–Crippen LogP) is 1.45. The molecule has 2 aliphatic rings. The van der Waals surface area contributed by atoms with Crippen molar-refractivity contribution in [3.8, 4) is 0 Å². The highest BCUT2D eigenvalue weighted by molar-refractivity contribution is 5.04. The van der Waals surface area contributed by atoms with Crippen molar-refractivity contribution in [2.24, 2.45) is 5.73 Å². The summed E-state index contributed by atoms with van der Waals surface area (Å²) in [6.07, 6.45) is 5.34. The molecular weight excluding hydrogens is 178 g/mol. The van der Waals surface area contributed by atoms with E-state index in [1.807, 2.05) is 0 Å². The summed E-state index contributed by atoms with van der Waals surface area (Å²) in [6.45, 7) is 4.88. The highest BCUT2D eigenvalue weighted by Crippen LogP contribution is 2.41. The van der Waals surface area contributed by atoms with E-state index in [1.54, 1.807) is 0 Å². The summed E-state index contributed by atoms with van der Waals surface area (Å²) in [6, 6.07) is 0. The van der Waals surface area contributed by atoms with E-state index >= 15 is 0 Å². The second kappa shape index (κ2) is 3.80. The zero-order valence-corrected chi connectivity index (χ0v) is 9.16. The number of ether oxygens (including phenoxy) is 2. The molecule has 0 radical (unpaired) electrons. The van der Waals surface area contributed by atoms with Gasteiger partial charge in [-0.3, -0.25) is 0 Å². The standard InChI is InChI=1S/C11H21NO2/c1-8(2)13-6-5-11(12)7-9-3-4-10(11)14-9/h8-10H,3-7,12H2,1-2H3. The lowest BCUT2D eigenvalue weighted by Gasteiger charge is -2.31. The third-order valence-corrected chi connectivity index (χ3v) is 3.38. The van der Waals surface area contributed by atoms with Crippen molar-refractivity contribution in [1.29, 1.82) is 0 Å². The van der Waals surface area contributed by atoms with Gasteiger partial charge in [0.15, 0.2) is 0 Å². The van der Waals surface area contributed by atoms with E-state index < -0.39 is 0 Å². The minimum Gasteiger partial charge on any atom is -0.379 e. The van der Waals surface area contributed by atoms with Gasteiger partial charge in [-0.1, -0.05) is 0 Å². The van der Waals surface area contributed by atoms with Gasteiger partial charge < -0.3 is 15.2 Å². The minimum atomic E-state index is -0.0994. The van der Waals surface area contributed by atoms with Crippen LogP contribution in [0.4, 0.5) is 0 Å². The van der Waals surface area contributed by atoms with Crippen molar-refractivity contribution in [3.05, 3.63) is 0 Å². The summed E-state index contributed by atoms with van der Waals surface area (Å²) in [7, 11) is 0. The monoisotopic (exact) mass is 199 g/mol. The summed E-state index contributed by atoms with van der Waals surface area (Å²) in [5.74, 6) is 0. The molecule has 2 heterocycles. The predicted molar refractivity (Wildman–Crippen MR) is 55.1 cm³/mol. The van der Waals surface area contributed by atoms with Crippen LogP contribution >= 0.6 is 0 Å². The summed E-state index contributed by atoms with van der Waals surface area (Å²) in [5, 5.41) is 0. The molecule has 2 rings (SSSR count). The lowest BCUT2D eigenvalue weighted by atomic mass is 9.80. The first-order valence-corrected chi connectivity index (χ1v) is 5.66. The second-order valence-electron chi connectivity index (χ2n) is 4.93. The molecule has 2 N–H and O–H groups in total. The fourth-order valence-electron chi connectivity index (χ4n) is 2.58. The molecule has 0 aromatic carbocycles. The van der Waals surface area contributed by atoms with E-state index in [4.69, 9.17) is 15.2 Å². The van der Waals surface area contributed by atoms with Crippen molar-refractivity contribution in [3.63, 3.8) is 0 Å². The molecule has 82 valence electrons. The molecular formula is C11H21NO2. The van der Waals surface area contributed by atoms with Gasteiger partial charge in [-0.15, -0.1) is 0 Å². The van der Waals surface area contributed by atoms with Crippen molar-refractivity contribution in [1.82, 2.24) is 0 Å². The van der Waals surface area contributed by atoms with E-state index in [9.17, 15) is 0 Å². The van der Waals surface area contributed by atoms with E-state index in [1.165, 1.54) is 6.42 Å². The molecule has 2 aliphatic heterocycles. The van der Waals surface area contributed by atoms with Crippen molar-refractivity contribution in [2.75, 3.05) is 6.61 Å². The highest BCUT2D eigenvalue weighted by atomic mass is 16.5. The van der Waals surface area contributed by atoms with E-state index in [0.717, 1.165) is 25.9 Å². The molecule has 3 atom stereocenters. The Labute approximate surface area is 85.9 Å². The van der Waals surface area contributed by atoms with E-state index in [-0.39, 0.29) is 5.54 Å². The lowest BCUT2D eigenvalue weighted by Crippen LogP contribution is -2.49. The maximum atomic E-state index is 6.33. The maximum absolute atomic E-state index is 6.33. The molecule has 3 heteroatoms. The van der Waals surface area contributed by atoms with Gasteiger partial charge in [-0.2, -0.15) is 0 Å². The fraction of sp³-hybridized carbons (Fsp3) is 1.00. The van der Waals surface area contributed by atoms with Crippen LogP contribution in [-0.2, 0) is 9.47 Å². The first-order valence-electron chi connectivity index (χ1n) is 5.66. The zero-order valence-electron chi connectivity index (χ0n) is 9.16. The number of fused-ring (bicyclic) bond motifs is 2. The van der Waals surface area contributed by atoms with Gasteiger partial charge >= 0.3 is 0 Å². The van der Waals surface area contributed by atoms with Gasteiger partial charge in [0.25, 0.3) is 0 Å². The molecule has 14 heavy (non-hydrogen) atoms. The molecule has 2 saturated heterocycles. The van der Waals surface area contributed by atoms with Gasteiger partial charge in [0, 0.05) is 12.1 Å². The lowest BCUT2D eigenvalue weighted by molar-refractivity contribution is 0.0446. The van der Waals surface area contributed by atoms with Gasteiger partial charge in [-0.25, -0.2) is 0 Å². The first kappa shape index (κ1) is 10.4. The van der Waals surface area contributed by atoms with Crippen LogP contribution in [-0.4, -0.2) is 30.5 Å². The second-order valence-corrected chi connectivity index (χ2v) is 4.93. The Morgan fingerprint density at radius 2 is 2.29 bits per heavy atom. The molecule has 3 unspecified atom stereocenters. The summed E-state index contributed by atoms with van der Waals surface area (Å²) in [4.78, 5) is 0.